The van der Waals surface area contributed by atoms with Crippen molar-refractivity contribution in [1.82, 2.24) is 19.7 Å². The van der Waals surface area contributed by atoms with E-state index in [1.165, 1.54) is 0 Å². The summed E-state index contributed by atoms with van der Waals surface area (Å²) in [5.74, 6) is 1.84. The van der Waals surface area contributed by atoms with Gasteiger partial charge in [0.25, 0.3) is 0 Å². The lowest BCUT2D eigenvalue weighted by Crippen LogP contribution is -2.17. The summed E-state index contributed by atoms with van der Waals surface area (Å²) in [6.07, 6.45) is 6.93. The van der Waals surface area contributed by atoms with Crippen LogP contribution in [-0.2, 0) is 13.5 Å². The molecule has 0 aliphatic rings. The summed E-state index contributed by atoms with van der Waals surface area (Å²) in [6.45, 7) is 2.13. The Morgan fingerprint density at radius 2 is 2.30 bits per heavy atom. The second-order valence-electron chi connectivity index (χ2n) is 4.89. The van der Waals surface area contributed by atoms with Gasteiger partial charge in [-0.2, -0.15) is 5.10 Å². The summed E-state index contributed by atoms with van der Waals surface area (Å²) in [6, 6.07) is 4.20. The molecule has 0 saturated heterocycles. The van der Waals surface area contributed by atoms with Gasteiger partial charge < -0.3 is 9.73 Å². The van der Waals surface area contributed by atoms with Crippen molar-refractivity contribution in [2.24, 2.45) is 7.05 Å². The Morgan fingerprint density at radius 1 is 1.40 bits per heavy atom. The van der Waals surface area contributed by atoms with Crippen LogP contribution in [0, 0.1) is 0 Å². The van der Waals surface area contributed by atoms with Crippen LogP contribution in [0.5, 0.6) is 0 Å². The predicted molar refractivity (Wildman–Crippen MR) is 76.4 cm³/mol. The van der Waals surface area contributed by atoms with Gasteiger partial charge in [-0.1, -0.05) is 0 Å². The van der Waals surface area contributed by atoms with Crippen LogP contribution in [0.4, 0.5) is 5.82 Å². The average Bonchev–Trinajstić information content (AvgIpc) is 3.08. The lowest BCUT2D eigenvalue weighted by molar-refractivity contribution is 0.495. The first-order valence-electron chi connectivity index (χ1n) is 6.65. The summed E-state index contributed by atoms with van der Waals surface area (Å²) in [4.78, 5) is 8.54. The zero-order valence-electron chi connectivity index (χ0n) is 11.6. The van der Waals surface area contributed by atoms with Gasteiger partial charge in [-0.05, 0) is 25.5 Å². The zero-order chi connectivity index (χ0) is 13.9. The van der Waals surface area contributed by atoms with Crippen LogP contribution in [0.3, 0.4) is 0 Å². The molecule has 1 N–H and O–H groups in total. The highest BCUT2D eigenvalue weighted by Crippen LogP contribution is 2.19. The number of hydrogen-bond acceptors (Lipinski definition) is 5. The largest absolute Gasteiger partial charge is 0.469 e. The fourth-order valence-corrected chi connectivity index (χ4v) is 2.20. The normalized spacial score (nSPS) is 12.7. The topological polar surface area (TPSA) is 68.8 Å². The fraction of sp³-hybridized carbons (Fsp3) is 0.357. The van der Waals surface area contributed by atoms with Gasteiger partial charge in [-0.3, -0.25) is 4.68 Å². The SMILES string of the molecule is C[C@@H](CCc1ccco1)Nc1ncnc2c1cnn2C. The maximum atomic E-state index is 5.34. The average molecular weight is 271 g/mol. The second-order valence-corrected chi connectivity index (χ2v) is 4.89. The van der Waals surface area contributed by atoms with Crippen molar-refractivity contribution in [3.8, 4) is 0 Å². The van der Waals surface area contributed by atoms with Crippen molar-refractivity contribution in [3.63, 3.8) is 0 Å². The first kappa shape index (κ1) is 12.7. The summed E-state index contributed by atoms with van der Waals surface area (Å²) in [5, 5.41) is 8.57. The second kappa shape index (κ2) is 5.32. The molecular formula is C14H17N5O. The molecule has 0 radical (unpaired) electrons. The number of aryl methyl sites for hydroxylation is 2. The minimum absolute atomic E-state index is 0.290. The van der Waals surface area contributed by atoms with Crippen LogP contribution in [0.1, 0.15) is 19.1 Å². The van der Waals surface area contributed by atoms with Crippen LogP contribution in [0.15, 0.2) is 35.3 Å². The van der Waals surface area contributed by atoms with E-state index in [2.05, 4.69) is 27.3 Å². The van der Waals surface area contributed by atoms with Gasteiger partial charge in [0.15, 0.2) is 5.65 Å². The molecule has 0 aromatic carbocycles. The molecule has 1 atom stereocenters. The Kier molecular flexibility index (Phi) is 3.37. The molecule has 0 bridgehead atoms. The highest BCUT2D eigenvalue weighted by Gasteiger charge is 2.10. The van der Waals surface area contributed by atoms with Crippen LogP contribution in [0.2, 0.25) is 0 Å². The Bertz CT molecular complexity index is 689. The standard InChI is InChI=1S/C14H17N5O/c1-10(5-6-11-4-3-7-20-11)18-13-12-8-17-19(2)14(12)16-9-15-13/h3-4,7-10H,5-6H2,1-2H3,(H,15,16,18)/t10-/m0/s1. The highest BCUT2D eigenvalue weighted by atomic mass is 16.3. The van der Waals surface area contributed by atoms with Crippen molar-refractivity contribution in [1.29, 1.82) is 0 Å². The number of anilines is 1. The number of furan rings is 1. The summed E-state index contributed by atoms with van der Waals surface area (Å²) < 4.78 is 7.09. The van der Waals surface area contributed by atoms with Crippen molar-refractivity contribution in [2.45, 2.75) is 25.8 Å². The molecule has 20 heavy (non-hydrogen) atoms. The molecule has 3 rings (SSSR count). The third-order valence-corrected chi connectivity index (χ3v) is 3.32. The van der Waals surface area contributed by atoms with E-state index < -0.39 is 0 Å². The lowest BCUT2D eigenvalue weighted by Gasteiger charge is -2.14. The van der Waals surface area contributed by atoms with Gasteiger partial charge in [0.05, 0.1) is 17.8 Å². The number of nitrogens with one attached hydrogen (secondary N) is 1. The van der Waals surface area contributed by atoms with Crippen molar-refractivity contribution < 1.29 is 4.42 Å². The number of nitrogens with zero attached hydrogens (tertiary/aromatic N) is 4. The van der Waals surface area contributed by atoms with E-state index in [0.29, 0.717) is 6.04 Å². The number of aromatic nitrogens is 4. The van der Waals surface area contributed by atoms with Crippen LogP contribution >= 0.6 is 0 Å². The van der Waals surface area contributed by atoms with Crippen LogP contribution in [-0.4, -0.2) is 25.8 Å². The van der Waals surface area contributed by atoms with E-state index in [-0.39, 0.29) is 0 Å². The van der Waals surface area contributed by atoms with E-state index >= 15 is 0 Å². The molecule has 3 heterocycles. The Morgan fingerprint density at radius 3 is 3.10 bits per heavy atom. The van der Waals surface area contributed by atoms with Gasteiger partial charge in [0.1, 0.15) is 17.9 Å². The molecule has 0 aliphatic heterocycles. The third kappa shape index (κ3) is 2.49. The number of rotatable bonds is 5. The van der Waals surface area contributed by atoms with Gasteiger partial charge in [-0.15, -0.1) is 0 Å². The number of fused-ring (bicyclic) bond motifs is 1. The molecule has 0 unspecified atom stereocenters. The minimum atomic E-state index is 0.290. The summed E-state index contributed by atoms with van der Waals surface area (Å²) in [7, 11) is 1.87. The molecule has 0 spiro atoms. The van der Waals surface area contributed by atoms with E-state index in [1.807, 2.05) is 19.2 Å². The van der Waals surface area contributed by atoms with E-state index in [0.717, 1.165) is 35.5 Å². The molecule has 0 aliphatic carbocycles. The van der Waals surface area contributed by atoms with Gasteiger partial charge in [0.2, 0.25) is 0 Å². The Hall–Kier alpha value is -2.37. The predicted octanol–water partition coefficient (Wildman–Crippen LogP) is 2.39. The molecule has 3 aromatic heterocycles. The quantitative estimate of drug-likeness (QED) is 0.771. The Balaban J connectivity index is 1.69. The van der Waals surface area contributed by atoms with Crippen LogP contribution in [0.25, 0.3) is 11.0 Å². The first-order valence-corrected chi connectivity index (χ1v) is 6.65. The summed E-state index contributed by atoms with van der Waals surface area (Å²) >= 11 is 0. The van der Waals surface area contributed by atoms with Crippen molar-refractivity contribution >= 4 is 16.9 Å². The smallest absolute Gasteiger partial charge is 0.163 e. The van der Waals surface area contributed by atoms with E-state index in [9.17, 15) is 0 Å². The van der Waals surface area contributed by atoms with Crippen LogP contribution < -0.4 is 5.32 Å². The first-order chi connectivity index (χ1) is 9.74. The van der Waals surface area contributed by atoms with Gasteiger partial charge in [0, 0.05) is 19.5 Å². The zero-order valence-corrected chi connectivity index (χ0v) is 11.6. The lowest BCUT2D eigenvalue weighted by atomic mass is 10.1. The molecule has 0 saturated carbocycles. The molecule has 0 amide bonds. The van der Waals surface area contributed by atoms with Gasteiger partial charge >= 0.3 is 0 Å². The van der Waals surface area contributed by atoms with Gasteiger partial charge in [-0.25, -0.2) is 9.97 Å². The molecule has 0 fully saturated rings. The number of hydrogen-bond donors (Lipinski definition) is 1. The molecule has 104 valence electrons. The van der Waals surface area contributed by atoms with Crippen molar-refractivity contribution in [3.05, 3.63) is 36.7 Å². The summed E-state index contributed by atoms with van der Waals surface area (Å²) in [5.41, 5.74) is 0.834. The maximum Gasteiger partial charge on any atom is 0.163 e. The highest BCUT2D eigenvalue weighted by molar-refractivity contribution is 5.86. The molecule has 6 heteroatoms. The maximum absolute atomic E-state index is 5.34. The molecule has 6 nitrogen and oxygen atoms in total. The molecular weight excluding hydrogens is 254 g/mol. The third-order valence-electron chi connectivity index (χ3n) is 3.32. The fourth-order valence-electron chi connectivity index (χ4n) is 2.20. The molecule has 3 aromatic rings. The minimum Gasteiger partial charge on any atom is -0.469 e. The monoisotopic (exact) mass is 271 g/mol. The van der Waals surface area contributed by atoms with E-state index in [4.69, 9.17) is 4.42 Å². The van der Waals surface area contributed by atoms with Crippen molar-refractivity contribution in [2.75, 3.05) is 5.32 Å². The Labute approximate surface area is 116 Å². The van der Waals surface area contributed by atoms with E-state index in [1.54, 1.807) is 23.5 Å².